The van der Waals surface area contributed by atoms with Crippen molar-refractivity contribution in [3.8, 4) is 5.75 Å². The normalized spacial score (nSPS) is 18.8. The minimum absolute atomic E-state index is 0.0561. The molecule has 2 aromatic heterocycles. The van der Waals surface area contributed by atoms with E-state index in [0.717, 1.165) is 54.9 Å². The molecular formula is C25H29N5O2. The van der Waals surface area contributed by atoms with E-state index in [1.165, 1.54) is 37.2 Å². The molecule has 7 heteroatoms. The molecule has 0 unspecified atom stereocenters. The van der Waals surface area contributed by atoms with Gasteiger partial charge in [0.1, 0.15) is 5.75 Å². The minimum Gasteiger partial charge on any atom is -0.497 e. The smallest absolute Gasteiger partial charge is 0.260 e. The van der Waals surface area contributed by atoms with Gasteiger partial charge in [0.15, 0.2) is 0 Å². The van der Waals surface area contributed by atoms with E-state index in [1.807, 2.05) is 12.1 Å². The summed E-state index contributed by atoms with van der Waals surface area (Å²) in [6.07, 6.45) is 5.70. The zero-order chi connectivity index (χ0) is 21.7. The van der Waals surface area contributed by atoms with Crippen LogP contribution in [-0.2, 0) is 19.5 Å². The van der Waals surface area contributed by atoms with E-state index in [0.29, 0.717) is 23.8 Å². The van der Waals surface area contributed by atoms with Crippen LogP contribution in [0.15, 0.2) is 29.1 Å². The van der Waals surface area contributed by atoms with Crippen LogP contribution in [0.2, 0.25) is 0 Å². The summed E-state index contributed by atoms with van der Waals surface area (Å²) in [6.45, 7) is 4.81. The Morgan fingerprint density at radius 3 is 2.75 bits per heavy atom. The molecule has 3 aliphatic rings. The summed E-state index contributed by atoms with van der Waals surface area (Å²) < 4.78 is 5.49. The Bertz CT molecular complexity index is 1230. The van der Waals surface area contributed by atoms with E-state index in [1.54, 1.807) is 7.11 Å². The Labute approximate surface area is 187 Å². The maximum Gasteiger partial charge on any atom is 0.260 e. The molecule has 1 aliphatic carbocycles. The Kier molecular flexibility index (Phi) is 4.86. The van der Waals surface area contributed by atoms with Crippen molar-refractivity contribution in [1.82, 2.24) is 19.9 Å². The van der Waals surface area contributed by atoms with Crippen LogP contribution in [0, 0.1) is 0 Å². The van der Waals surface area contributed by atoms with Crippen molar-refractivity contribution < 1.29 is 4.74 Å². The van der Waals surface area contributed by atoms with E-state index < -0.39 is 0 Å². The van der Waals surface area contributed by atoms with E-state index in [-0.39, 0.29) is 5.56 Å². The van der Waals surface area contributed by atoms with Gasteiger partial charge in [-0.05, 0) is 68.0 Å². The molecule has 1 N–H and O–H groups in total. The number of benzene rings is 1. The van der Waals surface area contributed by atoms with Gasteiger partial charge in [0.2, 0.25) is 5.95 Å². The predicted molar refractivity (Wildman–Crippen MR) is 124 cm³/mol. The fourth-order valence-electron chi connectivity index (χ4n) is 5.15. The van der Waals surface area contributed by atoms with Crippen molar-refractivity contribution in [3.63, 3.8) is 0 Å². The number of aromatic nitrogens is 3. The van der Waals surface area contributed by atoms with Crippen molar-refractivity contribution >= 4 is 16.9 Å². The maximum absolute atomic E-state index is 13.1. The molecule has 0 spiro atoms. The molecule has 32 heavy (non-hydrogen) atoms. The average molecular weight is 432 g/mol. The molecule has 0 bridgehead atoms. The first-order valence-electron chi connectivity index (χ1n) is 11.7. The lowest BCUT2D eigenvalue weighted by Gasteiger charge is -2.29. The number of H-pyrrole nitrogens is 1. The second-order valence-corrected chi connectivity index (χ2v) is 9.34. The van der Waals surface area contributed by atoms with Crippen molar-refractivity contribution in [3.05, 3.63) is 57.1 Å². The molecule has 7 nitrogen and oxygen atoms in total. The van der Waals surface area contributed by atoms with Crippen molar-refractivity contribution in [1.29, 1.82) is 0 Å². The highest BCUT2D eigenvalue weighted by Crippen LogP contribution is 2.43. The van der Waals surface area contributed by atoms with Crippen LogP contribution in [0.5, 0.6) is 5.75 Å². The van der Waals surface area contributed by atoms with Crippen LogP contribution in [0.3, 0.4) is 0 Å². The number of aromatic amines is 1. The summed E-state index contributed by atoms with van der Waals surface area (Å²) in [5.74, 6) is 1.84. The topological polar surface area (TPSA) is 74.4 Å². The number of nitrogens with one attached hydrogen (secondary N) is 1. The summed E-state index contributed by atoms with van der Waals surface area (Å²) >= 11 is 0. The predicted octanol–water partition coefficient (Wildman–Crippen LogP) is 3.36. The summed E-state index contributed by atoms with van der Waals surface area (Å²) in [5.41, 5.74) is 5.29. The van der Waals surface area contributed by atoms with Crippen LogP contribution in [0.4, 0.5) is 5.95 Å². The quantitative estimate of drug-likeness (QED) is 0.668. The second-order valence-electron chi connectivity index (χ2n) is 9.34. The number of methoxy groups -OCH3 is 1. The Balaban J connectivity index is 1.29. The third kappa shape index (κ3) is 3.64. The zero-order valence-electron chi connectivity index (χ0n) is 18.6. The van der Waals surface area contributed by atoms with Crippen molar-refractivity contribution in [2.75, 3.05) is 31.6 Å². The van der Waals surface area contributed by atoms with Gasteiger partial charge in [-0.3, -0.25) is 19.7 Å². The molecule has 2 aliphatic heterocycles. The van der Waals surface area contributed by atoms with Crippen LogP contribution < -0.4 is 15.2 Å². The molecule has 6 rings (SSSR count). The van der Waals surface area contributed by atoms with Crippen molar-refractivity contribution in [2.24, 2.45) is 0 Å². The fraction of sp³-hybridized carbons (Fsp3) is 0.480. The number of pyridine rings is 1. The van der Waals surface area contributed by atoms with Crippen LogP contribution in [0.25, 0.3) is 10.9 Å². The first-order chi connectivity index (χ1) is 15.7. The van der Waals surface area contributed by atoms with Crippen LogP contribution in [-0.4, -0.2) is 46.6 Å². The van der Waals surface area contributed by atoms with Crippen LogP contribution in [0.1, 0.15) is 54.1 Å². The third-order valence-electron chi connectivity index (χ3n) is 7.04. The SMILES string of the molecule is COc1cc(C2CC2)c2c(=O)[nH]c(N3CCc4nc(CN5CCCC5)ccc4C3)nc2c1. The number of ether oxygens (including phenoxy) is 1. The van der Waals surface area contributed by atoms with Crippen molar-refractivity contribution in [2.45, 2.75) is 51.1 Å². The number of rotatable bonds is 5. The fourth-order valence-corrected chi connectivity index (χ4v) is 5.15. The Hall–Kier alpha value is -2.93. The van der Waals surface area contributed by atoms with E-state index in [9.17, 15) is 4.79 Å². The number of anilines is 1. The highest BCUT2D eigenvalue weighted by Gasteiger charge is 2.28. The number of nitrogens with zero attached hydrogens (tertiary/aromatic N) is 4. The van der Waals surface area contributed by atoms with E-state index in [2.05, 4.69) is 26.9 Å². The standard InChI is InChI=1S/C25H29N5O2/c1-32-19-12-20(16-4-5-16)23-22(13-19)27-25(28-24(23)31)30-11-8-21-17(14-30)6-7-18(26-21)15-29-9-2-3-10-29/h6-7,12-13,16H,2-5,8-11,14-15H2,1H3,(H,27,28,31). The van der Waals surface area contributed by atoms with Gasteiger partial charge in [0.05, 0.1) is 23.7 Å². The molecule has 1 saturated carbocycles. The number of hydrogen-bond donors (Lipinski definition) is 1. The van der Waals surface area contributed by atoms with Gasteiger partial charge < -0.3 is 9.64 Å². The van der Waals surface area contributed by atoms with Crippen LogP contribution >= 0.6 is 0 Å². The van der Waals surface area contributed by atoms with E-state index >= 15 is 0 Å². The van der Waals surface area contributed by atoms with Gasteiger partial charge in [-0.2, -0.15) is 0 Å². The largest absolute Gasteiger partial charge is 0.497 e. The molecule has 1 aromatic carbocycles. The molecule has 0 amide bonds. The minimum atomic E-state index is -0.0561. The summed E-state index contributed by atoms with van der Waals surface area (Å²) in [7, 11) is 1.67. The first kappa shape index (κ1) is 19.7. The number of likely N-dealkylation sites (tertiary alicyclic amines) is 1. The number of hydrogen-bond acceptors (Lipinski definition) is 6. The zero-order valence-corrected chi connectivity index (χ0v) is 18.6. The second kappa shape index (κ2) is 7.89. The van der Waals surface area contributed by atoms with Gasteiger partial charge >= 0.3 is 0 Å². The third-order valence-corrected chi connectivity index (χ3v) is 7.04. The molecule has 166 valence electrons. The summed E-state index contributed by atoms with van der Waals surface area (Å²) in [4.78, 5) is 30.6. The maximum atomic E-state index is 13.1. The average Bonchev–Trinajstić information content (AvgIpc) is 3.54. The van der Waals surface area contributed by atoms with Gasteiger partial charge in [0.25, 0.3) is 5.56 Å². The number of fused-ring (bicyclic) bond motifs is 2. The Morgan fingerprint density at radius 1 is 1.12 bits per heavy atom. The molecule has 1 saturated heterocycles. The molecule has 0 atom stereocenters. The Morgan fingerprint density at radius 2 is 1.97 bits per heavy atom. The summed E-state index contributed by atoms with van der Waals surface area (Å²) in [6, 6.07) is 8.24. The van der Waals surface area contributed by atoms with Gasteiger partial charge in [-0.15, -0.1) is 0 Å². The molecule has 4 heterocycles. The molecule has 0 radical (unpaired) electrons. The van der Waals surface area contributed by atoms with Gasteiger partial charge in [0, 0.05) is 37.8 Å². The van der Waals surface area contributed by atoms with Gasteiger partial charge in [-0.25, -0.2) is 4.98 Å². The lowest BCUT2D eigenvalue weighted by atomic mass is 10.0. The van der Waals surface area contributed by atoms with E-state index in [4.69, 9.17) is 14.7 Å². The van der Waals surface area contributed by atoms with Gasteiger partial charge in [-0.1, -0.05) is 6.07 Å². The lowest BCUT2D eigenvalue weighted by Crippen LogP contribution is -2.34. The highest BCUT2D eigenvalue weighted by atomic mass is 16.5. The molecular weight excluding hydrogens is 402 g/mol. The molecule has 3 aromatic rings. The lowest BCUT2D eigenvalue weighted by molar-refractivity contribution is 0.326. The molecule has 2 fully saturated rings. The summed E-state index contributed by atoms with van der Waals surface area (Å²) in [5, 5.41) is 0.711. The monoisotopic (exact) mass is 431 g/mol. The first-order valence-corrected chi connectivity index (χ1v) is 11.7. The highest BCUT2D eigenvalue weighted by molar-refractivity contribution is 5.85.